The third-order valence-electron chi connectivity index (χ3n) is 5.97. The predicted molar refractivity (Wildman–Crippen MR) is 138 cm³/mol. The van der Waals surface area contributed by atoms with Crippen LogP contribution in [0.15, 0.2) is 30.3 Å². The Hall–Kier alpha value is -3.44. The van der Waals surface area contributed by atoms with E-state index in [1.54, 1.807) is 49.7 Å². The van der Waals surface area contributed by atoms with Crippen LogP contribution in [0.2, 0.25) is 5.02 Å². The second-order valence-corrected chi connectivity index (χ2v) is 10.2. The number of benzene rings is 1. The molecule has 0 bridgehead atoms. The number of halogens is 4. The van der Waals surface area contributed by atoms with Gasteiger partial charge in [0.15, 0.2) is 0 Å². The Balaban J connectivity index is 1.83. The predicted octanol–water partition coefficient (Wildman–Crippen LogP) is 6.13. The van der Waals surface area contributed by atoms with Gasteiger partial charge in [-0.2, -0.15) is 18.3 Å². The van der Waals surface area contributed by atoms with Gasteiger partial charge in [0.05, 0.1) is 34.6 Å². The summed E-state index contributed by atoms with van der Waals surface area (Å²) in [6.07, 6.45) is -4.72. The zero-order chi connectivity index (χ0) is 27.2. The van der Waals surface area contributed by atoms with Crippen molar-refractivity contribution in [1.29, 1.82) is 0 Å². The average Bonchev–Trinajstić information content (AvgIpc) is 3.31. The number of rotatable bonds is 6. The third kappa shape index (κ3) is 5.19. The summed E-state index contributed by atoms with van der Waals surface area (Å²) in [6, 6.07) is 7.78. The highest BCUT2D eigenvalue weighted by atomic mass is 35.5. The number of nitrogens with one attached hydrogen (secondary N) is 1. The Kier molecular flexibility index (Phi) is 7.04. The summed E-state index contributed by atoms with van der Waals surface area (Å²) in [4.78, 5) is 29.1. The molecule has 0 spiro atoms. The van der Waals surface area contributed by atoms with Crippen LogP contribution in [-0.2, 0) is 17.5 Å². The van der Waals surface area contributed by atoms with Crippen molar-refractivity contribution in [3.63, 3.8) is 0 Å². The first kappa shape index (κ1) is 26.6. The standard InChI is InChI=1S/C25H23ClF3N5O2S/c1-11-5-7-15(8-6-11)16-9-17(25(27,28)29)31-24-18(16)20(21(37-24)22(30)35)32-23(36)12(2)10-34-14(4)19(26)13(3)33-34/h5-9,12H,10H2,1-4H3,(H2,30,35)(H,32,36). The number of alkyl halides is 3. The van der Waals surface area contributed by atoms with Crippen LogP contribution in [0.5, 0.6) is 0 Å². The zero-order valence-corrected chi connectivity index (χ0v) is 21.9. The number of fused-ring (bicyclic) bond motifs is 1. The highest BCUT2D eigenvalue weighted by Gasteiger charge is 2.35. The van der Waals surface area contributed by atoms with Crippen molar-refractivity contribution in [2.45, 2.75) is 40.4 Å². The van der Waals surface area contributed by atoms with Gasteiger partial charge in [-0.25, -0.2) is 4.98 Å². The number of amides is 2. The molecule has 0 aliphatic carbocycles. The largest absolute Gasteiger partial charge is 0.433 e. The molecule has 2 amide bonds. The number of pyridine rings is 1. The van der Waals surface area contributed by atoms with Gasteiger partial charge in [-0.15, -0.1) is 11.3 Å². The minimum atomic E-state index is -4.72. The van der Waals surface area contributed by atoms with Crippen LogP contribution < -0.4 is 11.1 Å². The topological polar surface area (TPSA) is 103 Å². The number of nitrogens with two attached hydrogens (primary N) is 1. The molecule has 0 saturated carbocycles. The molecular weight excluding hydrogens is 527 g/mol. The molecule has 0 aliphatic heterocycles. The number of carbonyl (C=O) groups is 2. The van der Waals surface area contributed by atoms with Crippen molar-refractivity contribution in [1.82, 2.24) is 14.8 Å². The van der Waals surface area contributed by atoms with Crippen molar-refractivity contribution in [3.8, 4) is 11.1 Å². The normalized spacial score (nSPS) is 12.6. The lowest BCUT2D eigenvalue weighted by Crippen LogP contribution is -2.26. The van der Waals surface area contributed by atoms with Gasteiger partial charge in [0, 0.05) is 5.39 Å². The number of nitrogens with zero attached hydrogens (tertiary/aromatic N) is 3. The first-order chi connectivity index (χ1) is 17.3. The van der Waals surface area contributed by atoms with Crippen molar-refractivity contribution in [3.05, 3.63) is 62.9 Å². The van der Waals surface area contributed by atoms with E-state index >= 15 is 0 Å². The van der Waals surface area contributed by atoms with Crippen LogP contribution in [0.4, 0.5) is 18.9 Å². The number of aromatic nitrogens is 3. The number of hydrogen-bond donors (Lipinski definition) is 2. The molecule has 0 fully saturated rings. The lowest BCUT2D eigenvalue weighted by atomic mass is 9.99. The molecule has 0 saturated heterocycles. The molecule has 194 valence electrons. The van der Waals surface area contributed by atoms with Crippen LogP contribution in [-0.4, -0.2) is 26.6 Å². The van der Waals surface area contributed by atoms with E-state index in [1.165, 1.54) is 0 Å². The summed E-state index contributed by atoms with van der Waals surface area (Å²) >= 11 is 6.91. The lowest BCUT2D eigenvalue weighted by molar-refractivity contribution is -0.140. The van der Waals surface area contributed by atoms with Gasteiger partial charge in [0.25, 0.3) is 5.91 Å². The number of hydrogen-bond acceptors (Lipinski definition) is 5. The molecular formula is C25H23ClF3N5O2S. The summed E-state index contributed by atoms with van der Waals surface area (Å²) in [7, 11) is 0. The van der Waals surface area contributed by atoms with Crippen LogP contribution in [0.25, 0.3) is 21.3 Å². The number of primary amides is 1. The number of carbonyl (C=O) groups excluding carboxylic acids is 2. The fraction of sp³-hybridized carbons (Fsp3) is 0.280. The molecule has 3 heterocycles. The lowest BCUT2D eigenvalue weighted by Gasteiger charge is -2.15. The van der Waals surface area contributed by atoms with E-state index in [0.29, 0.717) is 33.3 Å². The summed E-state index contributed by atoms with van der Waals surface area (Å²) in [5.41, 5.74) is 7.38. The average molecular weight is 550 g/mol. The number of anilines is 1. The van der Waals surface area contributed by atoms with Gasteiger partial charge in [-0.05, 0) is 38.0 Å². The summed E-state index contributed by atoms with van der Waals surface area (Å²) in [5, 5.41) is 7.78. The first-order valence-electron chi connectivity index (χ1n) is 11.2. The molecule has 12 heteroatoms. The molecule has 37 heavy (non-hydrogen) atoms. The molecule has 1 aromatic carbocycles. The molecule has 3 aromatic heterocycles. The maximum absolute atomic E-state index is 13.7. The van der Waals surface area contributed by atoms with E-state index in [1.807, 2.05) is 6.92 Å². The molecule has 0 radical (unpaired) electrons. The summed E-state index contributed by atoms with van der Waals surface area (Å²) < 4.78 is 42.7. The highest BCUT2D eigenvalue weighted by Crippen LogP contribution is 2.43. The van der Waals surface area contributed by atoms with Crippen molar-refractivity contribution in [2.75, 3.05) is 5.32 Å². The molecule has 4 rings (SSSR count). The Labute approximate surface area is 219 Å². The molecule has 0 aliphatic rings. The Morgan fingerprint density at radius 2 is 1.84 bits per heavy atom. The van der Waals surface area contributed by atoms with Crippen molar-refractivity contribution in [2.24, 2.45) is 11.7 Å². The van der Waals surface area contributed by atoms with Gasteiger partial charge in [0.1, 0.15) is 15.4 Å². The second-order valence-electron chi connectivity index (χ2n) is 8.83. The van der Waals surface area contributed by atoms with E-state index in [2.05, 4.69) is 15.4 Å². The number of thiophene rings is 1. The van der Waals surface area contributed by atoms with Gasteiger partial charge in [0.2, 0.25) is 5.91 Å². The zero-order valence-electron chi connectivity index (χ0n) is 20.3. The van der Waals surface area contributed by atoms with E-state index in [0.717, 1.165) is 11.6 Å². The van der Waals surface area contributed by atoms with Crippen LogP contribution >= 0.6 is 22.9 Å². The monoisotopic (exact) mass is 549 g/mol. The second kappa shape index (κ2) is 9.79. The summed E-state index contributed by atoms with van der Waals surface area (Å²) in [6.45, 7) is 7.25. The molecule has 7 nitrogen and oxygen atoms in total. The van der Waals surface area contributed by atoms with Gasteiger partial charge in [-0.3, -0.25) is 14.3 Å². The van der Waals surface area contributed by atoms with E-state index in [-0.39, 0.29) is 32.9 Å². The first-order valence-corrected chi connectivity index (χ1v) is 12.4. The number of aryl methyl sites for hydroxylation is 2. The van der Waals surface area contributed by atoms with Gasteiger partial charge >= 0.3 is 6.18 Å². The van der Waals surface area contributed by atoms with Crippen molar-refractivity contribution < 1.29 is 22.8 Å². The third-order valence-corrected chi connectivity index (χ3v) is 7.62. The maximum Gasteiger partial charge on any atom is 0.433 e. The Bertz CT molecular complexity index is 1530. The molecule has 1 atom stereocenters. The van der Waals surface area contributed by atoms with Gasteiger partial charge in [-0.1, -0.05) is 48.4 Å². The van der Waals surface area contributed by atoms with Crippen molar-refractivity contribution >= 4 is 50.7 Å². The van der Waals surface area contributed by atoms with Crippen LogP contribution in [0.1, 0.15) is 39.2 Å². The SMILES string of the molecule is Cc1ccc(-c2cc(C(F)(F)F)nc3sc(C(N)=O)c(NC(=O)C(C)Cn4nc(C)c(Cl)c4C)c23)cc1. The Morgan fingerprint density at radius 3 is 2.38 bits per heavy atom. The maximum atomic E-state index is 13.7. The smallest absolute Gasteiger partial charge is 0.365 e. The van der Waals surface area contributed by atoms with Crippen LogP contribution in [0, 0.1) is 26.7 Å². The fourth-order valence-corrected chi connectivity index (χ4v) is 5.08. The molecule has 3 N–H and O–H groups in total. The minimum Gasteiger partial charge on any atom is -0.365 e. The van der Waals surface area contributed by atoms with Gasteiger partial charge < -0.3 is 11.1 Å². The van der Waals surface area contributed by atoms with E-state index < -0.39 is 29.6 Å². The molecule has 4 aromatic rings. The highest BCUT2D eigenvalue weighted by molar-refractivity contribution is 7.21. The van der Waals surface area contributed by atoms with Crippen LogP contribution in [0.3, 0.4) is 0 Å². The Morgan fingerprint density at radius 1 is 1.19 bits per heavy atom. The molecule has 1 unspecified atom stereocenters. The fourth-order valence-electron chi connectivity index (χ4n) is 3.94. The minimum absolute atomic E-state index is 0.0348. The van der Waals surface area contributed by atoms with E-state index in [9.17, 15) is 22.8 Å². The quantitative estimate of drug-likeness (QED) is 0.302. The van der Waals surface area contributed by atoms with E-state index in [4.69, 9.17) is 17.3 Å². The summed E-state index contributed by atoms with van der Waals surface area (Å²) in [5.74, 6) is -1.99.